The molecule has 0 radical (unpaired) electrons. The molecule has 1 aliphatic carbocycles. The second-order valence-corrected chi connectivity index (χ2v) is 7.13. The van der Waals surface area contributed by atoms with Gasteiger partial charge in [0.2, 0.25) is 5.76 Å². The molecule has 3 rings (SSSR count). The highest BCUT2D eigenvalue weighted by Gasteiger charge is 2.27. The topological polar surface area (TPSA) is 112 Å². The normalized spacial score (nSPS) is 16.1. The maximum absolute atomic E-state index is 12.1. The van der Waals surface area contributed by atoms with E-state index in [1.54, 1.807) is 6.07 Å². The third-order valence-corrected chi connectivity index (χ3v) is 5.24. The zero-order valence-corrected chi connectivity index (χ0v) is 14.5. The Kier molecular flexibility index (Phi) is 4.89. The van der Waals surface area contributed by atoms with Crippen molar-refractivity contribution in [3.8, 4) is 0 Å². The first-order chi connectivity index (χ1) is 12.0. The van der Waals surface area contributed by atoms with E-state index in [1.165, 1.54) is 23.7 Å². The van der Waals surface area contributed by atoms with E-state index in [9.17, 15) is 14.4 Å². The van der Waals surface area contributed by atoms with Gasteiger partial charge in [-0.15, -0.1) is 11.3 Å². The Morgan fingerprint density at radius 2 is 2.24 bits per heavy atom. The molecule has 2 heterocycles. The number of carbonyl (C=O) groups excluding carboxylic acids is 3. The van der Waals surface area contributed by atoms with Crippen molar-refractivity contribution < 1.29 is 23.5 Å². The van der Waals surface area contributed by atoms with Crippen molar-refractivity contribution >= 4 is 34.1 Å². The van der Waals surface area contributed by atoms with Crippen molar-refractivity contribution in [2.24, 2.45) is 11.7 Å². The maximum Gasteiger partial charge on any atom is 0.374 e. The lowest BCUT2D eigenvalue weighted by Gasteiger charge is -2.18. The lowest BCUT2D eigenvalue weighted by molar-refractivity contribution is -0.119. The van der Waals surface area contributed by atoms with E-state index >= 15 is 0 Å². The molecular weight excluding hydrogens is 344 g/mol. The maximum atomic E-state index is 12.1. The molecule has 2 aromatic rings. The Labute approximate surface area is 148 Å². The Balaban J connectivity index is 1.69. The lowest BCUT2D eigenvalue weighted by Crippen LogP contribution is -2.23. The summed E-state index contributed by atoms with van der Waals surface area (Å²) in [5.74, 6) is -1.27. The number of carbonyl (C=O) groups is 3. The van der Waals surface area contributed by atoms with Crippen LogP contribution in [0.5, 0.6) is 0 Å². The summed E-state index contributed by atoms with van der Waals surface area (Å²) in [6, 6.07) is 2.99. The van der Waals surface area contributed by atoms with Gasteiger partial charge in [0, 0.05) is 4.88 Å². The first-order valence-electron chi connectivity index (χ1n) is 7.90. The molecule has 1 aliphatic rings. The molecule has 0 saturated carbocycles. The smallest absolute Gasteiger partial charge is 0.374 e. The Bertz CT molecular complexity index is 809. The number of ether oxygens (including phenoxy) is 1. The van der Waals surface area contributed by atoms with E-state index in [-0.39, 0.29) is 5.76 Å². The number of amides is 2. The van der Waals surface area contributed by atoms with Crippen LogP contribution in [0.4, 0.5) is 5.00 Å². The molecular formula is C17H18N2O5S. The SMILES string of the molecule is C[C@H]1CCc2c(sc(NC(=O)COC(=O)c3ccco3)c2C(N)=O)C1. The van der Waals surface area contributed by atoms with Gasteiger partial charge in [0.25, 0.3) is 11.8 Å². The standard InChI is InChI=1S/C17H18N2O5S/c1-9-4-5-10-12(7-9)25-16(14(10)15(18)21)19-13(20)8-24-17(22)11-3-2-6-23-11/h2-3,6,9H,4-5,7-8H2,1H3,(H2,18,21)(H,19,20)/t9-/m0/s1. The van der Waals surface area contributed by atoms with Gasteiger partial charge in [0.1, 0.15) is 5.00 Å². The van der Waals surface area contributed by atoms with Crippen LogP contribution in [0.1, 0.15) is 44.7 Å². The van der Waals surface area contributed by atoms with Crippen LogP contribution in [0.25, 0.3) is 0 Å². The highest BCUT2D eigenvalue weighted by molar-refractivity contribution is 7.17. The van der Waals surface area contributed by atoms with Gasteiger partial charge in [-0.1, -0.05) is 6.92 Å². The number of nitrogens with two attached hydrogens (primary N) is 1. The average Bonchev–Trinajstić information content (AvgIpc) is 3.19. The molecule has 0 unspecified atom stereocenters. The number of furan rings is 1. The Hall–Kier alpha value is -2.61. The summed E-state index contributed by atoms with van der Waals surface area (Å²) >= 11 is 1.36. The van der Waals surface area contributed by atoms with Gasteiger partial charge in [-0.2, -0.15) is 0 Å². The summed E-state index contributed by atoms with van der Waals surface area (Å²) in [5, 5.41) is 3.06. The van der Waals surface area contributed by atoms with Gasteiger partial charge in [-0.3, -0.25) is 9.59 Å². The molecule has 3 N–H and O–H groups in total. The number of esters is 1. The van der Waals surface area contributed by atoms with Gasteiger partial charge >= 0.3 is 5.97 Å². The number of rotatable bonds is 5. The monoisotopic (exact) mass is 362 g/mol. The van der Waals surface area contributed by atoms with Crippen molar-refractivity contribution in [2.45, 2.75) is 26.2 Å². The van der Waals surface area contributed by atoms with Crippen LogP contribution >= 0.6 is 11.3 Å². The number of anilines is 1. The van der Waals surface area contributed by atoms with Crippen LogP contribution in [0.2, 0.25) is 0 Å². The number of fused-ring (bicyclic) bond motifs is 1. The molecule has 2 aromatic heterocycles. The molecule has 2 amide bonds. The van der Waals surface area contributed by atoms with Crippen molar-refractivity contribution in [1.29, 1.82) is 0 Å². The van der Waals surface area contributed by atoms with Crippen LogP contribution < -0.4 is 11.1 Å². The highest BCUT2D eigenvalue weighted by atomic mass is 32.1. The summed E-state index contributed by atoms with van der Waals surface area (Å²) in [6.07, 6.45) is 3.96. The lowest BCUT2D eigenvalue weighted by atomic mass is 9.88. The van der Waals surface area contributed by atoms with Crippen molar-refractivity contribution in [1.82, 2.24) is 0 Å². The first kappa shape index (κ1) is 17.2. The molecule has 8 heteroatoms. The number of primary amides is 1. The number of thiophene rings is 1. The fourth-order valence-electron chi connectivity index (χ4n) is 2.86. The van der Waals surface area contributed by atoms with Crippen LogP contribution in [0, 0.1) is 5.92 Å². The van der Waals surface area contributed by atoms with E-state index in [2.05, 4.69) is 12.2 Å². The summed E-state index contributed by atoms with van der Waals surface area (Å²) in [4.78, 5) is 36.6. The molecule has 0 fully saturated rings. The fraction of sp³-hybridized carbons (Fsp3) is 0.353. The van der Waals surface area contributed by atoms with Gasteiger partial charge in [-0.05, 0) is 42.9 Å². The third kappa shape index (κ3) is 3.74. The molecule has 0 spiro atoms. The van der Waals surface area contributed by atoms with E-state index in [0.717, 1.165) is 29.7 Å². The number of hydrogen-bond acceptors (Lipinski definition) is 6. The van der Waals surface area contributed by atoms with Gasteiger partial charge in [-0.25, -0.2) is 4.79 Å². The van der Waals surface area contributed by atoms with E-state index in [0.29, 0.717) is 16.5 Å². The minimum Gasteiger partial charge on any atom is -0.457 e. The van der Waals surface area contributed by atoms with Crippen LogP contribution in [-0.4, -0.2) is 24.4 Å². The minimum absolute atomic E-state index is 0.0196. The molecule has 25 heavy (non-hydrogen) atoms. The predicted molar refractivity (Wildman–Crippen MR) is 91.6 cm³/mol. The fourth-order valence-corrected chi connectivity index (χ4v) is 4.29. The summed E-state index contributed by atoms with van der Waals surface area (Å²) in [5.41, 5.74) is 6.80. The quantitative estimate of drug-likeness (QED) is 0.793. The first-order valence-corrected chi connectivity index (χ1v) is 8.72. The van der Waals surface area contributed by atoms with Gasteiger partial charge in [0.15, 0.2) is 6.61 Å². The van der Waals surface area contributed by atoms with Crippen molar-refractivity contribution in [3.05, 3.63) is 40.2 Å². The molecule has 0 aliphatic heterocycles. The van der Waals surface area contributed by atoms with Crippen LogP contribution in [-0.2, 0) is 22.4 Å². The van der Waals surface area contributed by atoms with Crippen molar-refractivity contribution in [2.75, 3.05) is 11.9 Å². The average molecular weight is 362 g/mol. The molecule has 132 valence electrons. The third-order valence-electron chi connectivity index (χ3n) is 4.07. The Morgan fingerprint density at radius 1 is 1.44 bits per heavy atom. The van der Waals surface area contributed by atoms with Crippen LogP contribution in [0.3, 0.4) is 0 Å². The minimum atomic E-state index is -0.727. The zero-order chi connectivity index (χ0) is 18.0. The van der Waals surface area contributed by atoms with E-state index < -0.39 is 24.4 Å². The molecule has 1 atom stereocenters. The van der Waals surface area contributed by atoms with E-state index in [1.807, 2.05) is 0 Å². The molecule has 0 saturated heterocycles. The molecule has 0 bridgehead atoms. The number of nitrogens with one attached hydrogen (secondary N) is 1. The molecule has 0 aromatic carbocycles. The van der Waals surface area contributed by atoms with E-state index in [4.69, 9.17) is 14.9 Å². The van der Waals surface area contributed by atoms with Gasteiger partial charge in [0.05, 0.1) is 11.8 Å². The Morgan fingerprint density at radius 3 is 2.92 bits per heavy atom. The predicted octanol–water partition coefficient (Wildman–Crippen LogP) is 2.36. The number of hydrogen-bond donors (Lipinski definition) is 2. The largest absolute Gasteiger partial charge is 0.457 e. The summed E-state index contributed by atoms with van der Waals surface area (Å²) in [6.45, 7) is 1.68. The second-order valence-electron chi connectivity index (χ2n) is 6.02. The van der Waals surface area contributed by atoms with Crippen LogP contribution in [0.15, 0.2) is 22.8 Å². The van der Waals surface area contributed by atoms with Gasteiger partial charge < -0.3 is 20.2 Å². The summed E-state index contributed by atoms with van der Waals surface area (Å²) < 4.78 is 9.78. The molecule has 7 nitrogen and oxygen atoms in total. The zero-order valence-electron chi connectivity index (χ0n) is 13.7. The summed E-state index contributed by atoms with van der Waals surface area (Å²) in [7, 11) is 0. The second kappa shape index (κ2) is 7.10. The van der Waals surface area contributed by atoms with Crippen molar-refractivity contribution in [3.63, 3.8) is 0 Å². The highest BCUT2D eigenvalue weighted by Crippen LogP contribution is 2.39.